The molecular formula is C27H26Cl2N2O5. The molecule has 188 valence electrons. The van der Waals surface area contributed by atoms with Crippen LogP contribution in [0.5, 0.6) is 11.5 Å². The van der Waals surface area contributed by atoms with Crippen LogP contribution in [0.1, 0.15) is 30.4 Å². The monoisotopic (exact) mass is 528 g/mol. The molecule has 0 aliphatic rings. The number of rotatable bonds is 10. The number of ether oxygens (including phenoxy) is 2. The van der Waals surface area contributed by atoms with E-state index >= 15 is 0 Å². The Bertz CT molecular complexity index is 1230. The number of hydrogen-bond donors (Lipinski definition) is 2. The van der Waals surface area contributed by atoms with E-state index in [1.54, 1.807) is 42.5 Å². The van der Waals surface area contributed by atoms with Gasteiger partial charge in [0.25, 0.3) is 5.91 Å². The van der Waals surface area contributed by atoms with E-state index in [1.807, 2.05) is 32.0 Å². The van der Waals surface area contributed by atoms with Gasteiger partial charge in [0.15, 0.2) is 6.61 Å². The quantitative estimate of drug-likeness (QED) is 0.285. The van der Waals surface area contributed by atoms with E-state index in [0.29, 0.717) is 39.3 Å². The number of carbonyl (C=O) groups excluding carboxylic acids is 3. The summed E-state index contributed by atoms with van der Waals surface area (Å²) >= 11 is 12.0. The van der Waals surface area contributed by atoms with Crippen molar-refractivity contribution in [2.45, 2.75) is 33.1 Å². The Balaban J connectivity index is 1.36. The summed E-state index contributed by atoms with van der Waals surface area (Å²) < 4.78 is 10.7. The maximum atomic E-state index is 12.2. The lowest BCUT2D eigenvalue weighted by molar-refractivity contribution is -0.147. The Labute approximate surface area is 219 Å². The first kappa shape index (κ1) is 27.0. The summed E-state index contributed by atoms with van der Waals surface area (Å²) in [7, 11) is 0. The molecule has 0 atom stereocenters. The van der Waals surface area contributed by atoms with Gasteiger partial charge >= 0.3 is 5.97 Å². The highest BCUT2D eigenvalue weighted by molar-refractivity contribution is 6.35. The van der Waals surface area contributed by atoms with E-state index in [1.165, 1.54) is 0 Å². The Hall–Kier alpha value is -3.55. The van der Waals surface area contributed by atoms with Crippen molar-refractivity contribution in [1.29, 1.82) is 0 Å². The second-order valence-electron chi connectivity index (χ2n) is 8.08. The third-order valence-corrected chi connectivity index (χ3v) is 5.68. The zero-order chi connectivity index (χ0) is 26.1. The lowest BCUT2D eigenvalue weighted by Crippen LogP contribution is -2.22. The first-order chi connectivity index (χ1) is 17.2. The normalized spacial score (nSPS) is 10.4. The van der Waals surface area contributed by atoms with Crippen LogP contribution in [0.2, 0.25) is 10.0 Å². The number of anilines is 2. The highest BCUT2D eigenvalue weighted by Crippen LogP contribution is 2.32. The van der Waals surface area contributed by atoms with E-state index in [4.69, 9.17) is 32.7 Å². The second-order valence-corrected chi connectivity index (χ2v) is 8.92. The summed E-state index contributed by atoms with van der Waals surface area (Å²) in [6.45, 7) is 3.40. The number of para-hydroxylation sites is 1. The van der Waals surface area contributed by atoms with Gasteiger partial charge in [0.2, 0.25) is 5.91 Å². The summed E-state index contributed by atoms with van der Waals surface area (Å²) in [5.41, 5.74) is 3.14. The molecule has 2 amide bonds. The van der Waals surface area contributed by atoms with Crippen molar-refractivity contribution in [3.8, 4) is 11.5 Å². The summed E-state index contributed by atoms with van der Waals surface area (Å²) in [5.74, 6) is -0.190. The summed E-state index contributed by atoms with van der Waals surface area (Å²) in [6, 6.07) is 17.4. The molecule has 0 saturated heterocycles. The number of aryl methyl sites for hydroxylation is 2. The molecule has 36 heavy (non-hydrogen) atoms. The van der Waals surface area contributed by atoms with Gasteiger partial charge in [-0.15, -0.1) is 0 Å². The molecule has 0 saturated carbocycles. The van der Waals surface area contributed by atoms with Crippen LogP contribution in [0.4, 0.5) is 11.4 Å². The number of amides is 2. The van der Waals surface area contributed by atoms with Crippen LogP contribution >= 0.6 is 23.2 Å². The maximum Gasteiger partial charge on any atom is 0.306 e. The molecular weight excluding hydrogens is 503 g/mol. The Morgan fingerprint density at radius 3 is 2.19 bits per heavy atom. The Kier molecular flexibility index (Phi) is 9.73. The number of nitrogens with one attached hydrogen (secondary N) is 2. The molecule has 0 radical (unpaired) electrons. The Morgan fingerprint density at radius 1 is 0.833 bits per heavy atom. The van der Waals surface area contributed by atoms with E-state index in [0.717, 1.165) is 11.1 Å². The topological polar surface area (TPSA) is 93.7 Å². The summed E-state index contributed by atoms with van der Waals surface area (Å²) in [4.78, 5) is 36.2. The van der Waals surface area contributed by atoms with Crippen LogP contribution in [0.15, 0.2) is 60.7 Å². The summed E-state index contributed by atoms with van der Waals surface area (Å²) in [6.07, 6.45) is 0.445. The first-order valence-electron chi connectivity index (χ1n) is 11.3. The van der Waals surface area contributed by atoms with Gasteiger partial charge < -0.3 is 20.1 Å². The van der Waals surface area contributed by atoms with E-state index in [9.17, 15) is 14.4 Å². The average molecular weight is 529 g/mol. The van der Waals surface area contributed by atoms with Crippen LogP contribution in [0, 0.1) is 13.8 Å². The van der Waals surface area contributed by atoms with Gasteiger partial charge in [-0.1, -0.05) is 41.4 Å². The van der Waals surface area contributed by atoms with Gasteiger partial charge in [-0.25, -0.2) is 0 Å². The highest BCUT2D eigenvalue weighted by atomic mass is 35.5. The predicted octanol–water partition coefficient (Wildman–Crippen LogP) is 6.69. The SMILES string of the molecule is Cc1cccc(C)c1NC(=O)COC(=O)CCCC(=O)Nc1ccc(Oc2ccc(Cl)cc2Cl)cc1. The van der Waals surface area contributed by atoms with E-state index in [-0.39, 0.29) is 25.4 Å². The summed E-state index contributed by atoms with van der Waals surface area (Å²) in [5, 5.41) is 6.42. The molecule has 0 fully saturated rings. The van der Waals surface area contributed by atoms with Crippen molar-refractivity contribution in [1.82, 2.24) is 0 Å². The zero-order valence-corrected chi connectivity index (χ0v) is 21.4. The van der Waals surface area contributed by atoms with Gasteiger partial charge in [0, 0.05) is 29.2 Å². The van der Waals surface area contributed by atoms with Crippen molar-refractivity contribution in [2.24, 2.45) is 0 Å². The van der Waals surface area contributed by atoms with Crippen LogP contribution < -0.4 is 15.4 Å². The number of halogens is 2. The fraction of sp³-hybridized carbons (Fsp3) is 0.222. The molecule has 3 aromatic carbocycles. The van der Waals surface area contributed by atoms with E-state index < -0.39 is 11.9 Å². The van der Waals surface area contributed by atoms with Gasteiger partial charge in [0.05, 0.1) is 5.02 Å². The minimum atomic E-state index is -0.540. The lowest BCUT2D eigenvalue weighted by Gasteiger charge is -2.11. The molecule has 2 N–H and O–H groups in total. The molecule has 0 heterocycles. The average Bonchev–Trinajstić information content (AvgIpc) is 2.83. The van der Waals surface area contributed by atoms with Crippen molar-refractivity contribution >= 4 is 52.4 Å². The van der Waals surface area contributed by atoms with Crippen molar-refractivity contribution in [2.75, 3.05) is 17.2 Å². The van der Waals surface area contributed by atoms with Crippen LogP contribution in [-0.4, -0.2) is 24.4 Å². The van der Waals surface area contributed by atoms with Gasteiger partial charge in [-0.3, -0.25) is 14.4 Å². The molecule has 0 spiro atoms. The number of carbonyl (C=O) groups is 3. The van der Waals surface area contributed by atoms with Gasteiger partial charge in [-0.05, 0) is 73.9 Å². The smallest absolute Gasteiger partial charge is 0.306 e. The second kappa shape index (κ2) is 13.0. The van der Waals surface area contributed by atoms with Gasteiger partial charge in [0.1, 0.15) is 11.5 Å². The lowest BCUT2D eigenvalue weighted by atomic mass is 10.1. The number of esters is 1. The third-order valence-electron chi connectivity index (χ3n) is 5.15. The minimum absolute atomic E-state index is 0.0265. The van der Waals surface area contributed by atoms with Crippen LogP contribution in [0.25, 0.3) is 0 Å². The number of hydrogen-bond acceptors (Lipinski definition) is 5. The minimum Gasteiger partial charge on any atom is -0.456 e. The van der Waals surface area contributed by atoms with Crippen LogP contribution in [-0.2, 0) is 19.1 Å². The van der Waals surface area contributed by atoms with Crippen LogP contribution in [0.3, 0.4) is 0 Å². The molecule has 7 nitrogen and oxygen atoms in total. The molecule has 0 aliphatic heterocycles. The van der Waals surface area contributed by atoms with Crippen molar-refractivity contribution in [3.63, 3.8) is 0 Å². The molecule has 0 unspecified atom stereocenters. The standard InChI is InChI=1S/C27H26Cl2N2O5/c1-17-5-3-6-18(2)27(17)31-25(33)16-35-26(34)8-4-7-24(32)30-20-10-12-21(13-11-20)36-23-14-9-19(28)15-22(23)29/h3,5-6,9-15H,4,7-8,16H2,1-2H3,(H,30,32)(H,31,33). The third kappa shape index (κ3) is 8.29. The highest BCUT2D eigenvalue weighted by Gasteiger charge is 2.12. The molecule has 9 heteroatoms. The Morgan fingerprint density at radius 2 is 1.53 bits per heavy atom. The molecule has 3 aromatic rings. The molecule has 3 rings (SSSR count). The fourth-order valence-electron chi connectivity index (χ4n) is 3.31. The zero-order valence-electron chi connectivity index (χ0n) is 19.9. The van der Waals surface area contributed by atoms with Crippen molar-refractivity contribution < 1.29 is 23.9 Å². The maximum absolute atomic E-state index is 12.2. The largest absolute Gasteiger partial charge is 0.456 e. The van der Waals surface area contributed by atoms with Gasteiger partial charge in [-0.2, -0.15) is 0 Å². The first-order valence-corrected chi connectivity index (χ1v) is 12.0. The number of benzene rings is 3. The fourth-order valence-corrected chi connectivity index (χ4v) is 3.76. The van der Waals surface area contributed by atoms with Crippen molar-refractivity contribution in [3.05, 3.63) is 81.8 Å². The van der Waals surface area contributed by atoms with E-state index in [2.05, 4.69) is 10.6 Å². The molecule has 0 aromatic heterocycles. The molecule has 0 bridgehead atoms. The predicted molar refractivity (Wildman–Crippen MR) is 141 cm³/mol. The molecule has 0 aliphatic carbocycles.